The smallest absolute Gasteiger partial charge is 0.308 e. The van der Waals surface area contributed by atoms with Crippen molar-refractivity contribution in [2.75, 3.05) is 27.2 Å². The van der Waals surface area contributed by atoms with Crippen LogP contribution in [-0.4, -0.2) is 49.3 Å². The SMILES string of the molecule is COC(=O)CC(O)CN(C)CCC(C)(C)C. The molecule has 1 atom stereocenters. The zero-order valence-corrected chi connectivity index (χ0v) is 11.1. The molecule has 0 aromatic heterocycles. The maximum absolute atomic E-state index is 10.9. The Morgan fingerprint density at radius 3 is 2.44 bits per heavy atom. The average Bonchev–Trinajstić information content (AvgIpc) is 2.13. The quantitative estimate of drug-likeness (QED) is 0.700. The summed E-state index contributed by atoms with van der Waals surface area (Å²) in [5, 5.41) is 9.61. The van der Waals surface area contributed by atoms with E-state index in [0.717, 1.165) is 13.0 Å². The lowest BCUT2D eigenvalue weighted by Crippen LogP contribution is -2.33. The van der Waals surface area contributed by atoms with Crippen LogP contribution in [0.3, 0.4) is 0 Å². The molecule has 1 N–H and O–H groups in total. The van der Waals surface area contributed by atoms with Crippen LogP contribution in [0, 0.1) is 5.41 Å². The van der Waals surface area contributed by atoms with Crippen molar-refractivity contribution in [3.63, 3.8) is 0 Å². The lowest BCUT2D eigenvalue weighted by Gasteiger charge is -2.24. The van der Waals surface area contributed by atoms with Crippen LogP contribution >= 0.6 is 0 Å². The van der Waals surface area contributed by atoms with Gasteiger partial charge in [-0.2, -0.15) is 0 Å². The van der Waals surface area contributed by atoms with Gasteiger partial charge in [-0.25, -0.2) is 0 Å². The third kappa shape index (κ3) is 8.68. The van der Waals surface area contributed by atoms with Gasteiger partial charge >= 0.3 is 5.97 Å². The number of nitrogens with zero attached hydrogens (tertiary/aromatic N) is 1. The Labute approximate surface area is 98.6 Å². The van der Waals surface area contributed by atoms with Crippen molar-refractivity contribution in [3.8, 4) is 0 Å². The summed E-state index contributed by atoms with van der Waals surface area (Å²) in [7, 11) is 3.28. The highest BCUT2D eigenvalue weighted by molar-refractivity contribution is 5.69. The number of likely N-dealkylation sites (N-methyl/N-ethyl adjacent to an activating group) is 1. The topological polar surface area (TPSA) is 49.8 Å². The van der Waals surface area contributed by atoms with Crippen LogP contribution in [0.1, 0.15) is 33.6 Å². The van der Waals surface area contributed by atoms with E-state index in [4.69, 9.17) is 0 Å². The summed E-state index contributed by atoms with van der Waals surface area (Å²) in [6.45, 7) is 7.98. The molecule has 0 aliphatic heterocycles. The van der Waals surface area contributed by atoms with Crippen molar-refractivity contribution in [1.82, 2.24) is 4.90 Å². The number of esters is 1. The molecule has 0 saturated heterocycles. The van der Waals surface area contributed by atoms with E-state index in [1.54, 1.807) is 0 Å². The first kappa shape index (κ1) is 15.4. The molecule has 1 unspecified atom stereocenters. The number of rotatable bonds is 6. The van der Waals surface area contributed by atoms with Gasteiger partial charge in [0.1, 0.15) is 0 Å². The average molecular weight is 231 g/mol. The minimum absolute atomic E-state index is 0.0658. The summed E-state index contributed by atoms with van der Waals surface area (Å²) in [6, 6.07) is 0. The van der Waals surface area contributed by atoms with E-state index in [-0.39, 0.29) is 12.4 Å². The third-order valence-electron chi connectivity index (χ3n) is 2.40. The molecule has 0 spiro atoms. The minimum atomic E-state index is -0.641. The van der Waals surface area contributed by atoms with Gasteiger partial charge in [-0.15, -0.1) is 0 Å². The first-order chi connectivity index (χ1) is 7.24. The molecule has 0 fully saturated rings. The molecule has 0 radical (unpaired) electrons. The van der Waals surface area contributed by atoms with Crippen LogP contribution in [-0.2, 0) is 9.53 Å². The van der Waals surface area contributed by atoms with Gasteiger partial charge in [-0.1, -0.05) is 20.8 Å². The first-order valence-corrected chi connectivity index (χ1v) is 5.68. The summed E-state index contributed by atoms with van der Waals surface area (Å²) in [5.74, 6) is -0.364. The summed E-state index contributed by atoms with van der Waals surface area (Å²) in [6.07, 6.45) is 0.488. The summed E-state index contributed by atoms with van der Waals surface area (Å²) in [4.78, 5) is 13.0. The molecule has 0 amide bonds. The van der Waals surface area contributed by atoms with E-state index in [9.17, 15) is 9.90 Å². The fourth-order valence-electron chi connectivity index (χ4n) is 1.32. The molecule has 0 aromatic carbocycles. The lowest BCUT2D eigenvalue weighted by atomic mass is 9.92. The molecule has 96 valence electrons. The van der Waals surface area contributed by atoms with Crippen molar-refractivity contribution in [1.29, 1.82) is 0 Å². The zero-order valence-electron chi connectivity index (χ0n) is 11.1. The van der Waals surface area contributed by atoms with Gasteiger partial charge in [-0.3, -0.25) is 4.79 Å². The lowest BCUT2D eigenvalue weighted by molar-refractivity contribution is -0.143. The highest BCUT2D eigenvalue weighted by Gasteiger charge is 2.15. The molecule has 0 aliphatic rings. The van der Waals surface area contributed by atoms with Crippen LogP contribution in [0.4, 0.5) is 0 Å². The second-order valence-electron chi connectivity index (χ2n) is 5.51. The van der Waals surface area contributed by atoms with E-state index in [1.165, 1.54) is 7.11 Å². The Hall–Kier alpha value is -0.610. The zero-order chi connectivity index (χ0) is 12.8. The Bertz CT molecular complexity index is 211. The summed E-state index contributed by atoms with van der Waals surface area (Å²) in [5.41, 5.74) is 0.293. The molecule has 0 rings (SSSR count). The first-order valence-electron chi connectivity index (χ1n) is 5.68. The van der Waals surface area contributed by atoms with Crippen LogP contribution in [0.15, 0.2) is 0 Å². The molecule has 0 bridgehead atoms. The second kappa shape index (κ2) is 6.86. The van der Waals surface area contributed by atoms with Gasteiger partial charge in [0.05, 0.1) is 19.6 Å². The third-order valence-corrected chi connectivity index (χ3v) is 2.40. The monoisotopic (exact) mass is 231 g/mol. The largest absolute Gasteiger partial charge is 0.469 e. The van der Waals surface area contributed by atoms with Crippen molar-refractivity contribution in [3.05, 3.63) is 0 Å². The van der Waals surface area contributed by atoms with Gasteiger partial charge in [0.25, 0.3) is 0 Å². The molecule has 16 heavy (non-hydrogen) atoms. The molecule has 0 aromatic rings. The summed E-state index contributed by atoms with van der Waals surface area (Å²) < 4.78 is 4.50. The van der Waals surface area contributed by atoms with Crippen LogP contribution in [0.25, 0.3) is 0 Å². The van der Waals surface area contributed by atoms with Gasteiger partial charge in [0, 0.05) is 6.54 Å². The normalized spacial score (nSPS) is 13.9. The highest BCUT2D eigenvalue weighted by atomic mass is 16.5. The number of ether oxygens (including phenoxy) is 1. The number of hydrogen-bond donors (Lipinski definition) is 1. The molecule has 0 heterocycles. The van der Waals surface area contributed by atoms with Crippen molar-refractivity contribution < 1.29 is 14.6 Å². The number of aliphatic hydroxyl groups excluding tert-OH is 1. The molecular formula is C12H25NO3. The molecular weight excluding hydrogens is 206 g/mol. The van der Waals surface area contributed by atoms with Crippen molar-refractivity contribution >= 4 is 5.97 Å². The molecule has 4 nitrogen and oxygen atoms in total. The highest BCUT2D eigenvalue weighted by Crippen LogP contribution is 2.18. The Morgan fingerprint density at radius 2 is 2.00 bits per heavy atom. The maximum Gasteiger partial charge on any atom is 0.308 e. The minimum Gasteiger partial charge on any atom is -0.469 e. The predicted molar refractivity (Wildman–Crippen MR) is 64.2 cm³/mol. The van der Waals surface area contributed by atoms with Crippen LogP contribution in [0.2, 0.25) is 0 Å². The molecule has 4 heteroatoms. The number of carbonyl (C=O) groups is 1. The van der Waals surface area contributed by atoms with E-state index in [2.05, 4.69) is 25.5 Å². The van der Waals surface area contributed by atoms with Crippen LogP contribution in [0.5, 0.6) is 0 Å². The van der Waals surface area contributed by atoms with E-state index in [1.807, 2.05) is 11.9 Å². The Balaban J connectivity index is 3.78. The number of methoxy groups -OCH3 is 1. The van der Waals surface area contributed by atoms with Crippen molar-refractivity contribution in [2.45, 2.75) is 39.7 Å². The van der Waals surface area contributed by atoms with E-state index >= 15 is 0 Å². The number of hydrogen-bond acceptors (Lipinski definition) is 4. The number of aliphatic hydroxyl groups is 1. The predicted octanol–water partition coefficient (Wildman–Crippen LogP) is 1.28. The van der Waals surface area contributed by atoms with Gasteiger partial charge in [0.2, 0.25) is 0 Å². The van der Waals surface area contributed by atoms with Gasteiger partial charge < -0.3 is 14.7 Å². The van der Waals surface area contributed by atoms with Crippen molar-refractivity contribution in [2.24, 2.45) is 5.41 Å². The number of carbonyl (C=O) groups excluding carboxylic acids is 1. The maximum atomic E-state index is 10.9. The Kier molecular flexibility index (Phi) is 6.60. The Morgan fingerprint density at radius 1 is 1.44 bits per heavy atom. The standard InChI is InChI=1S/C12H25NO3/c1-12(2,3)6-7-13(4)9-10(14)8-11(15)16-5/h10,14H,6-9H2,1-5H3. The van der Waals surface area contributed by atoms with Gasteiger partial charge in [0.15, 0.2) is 0 Å². The van der Waals surface area contributed by atoms with Gasteiger partial charge in [-0.05, 0) is 25.4 Å². The van der Waals surface area contributed by atoms with E-state index < -0.39 is 6.10 Å². The van der Waals surface area contributed by atoms with E-state index in [0.29, 0.717) is 12.0 Å². The molecule has 0 saturated carbocycles. The second-order valence-corrected chi connectivity index (χ2v) is 5.51. The summed E-state index contributed by atoms with van der Waals surface area (Å²) >= 11 is 0. The fraction of sp³-hybridized carbons (Fsp3) is 0.917. The fourth-order valence-corrected chi connectivity index (χ4v) is 1.32. The van der Waals surface area contributed by atoms with Crippen LogP contribution < -0.4 is 0 Å². The molecule has 0 aliphatic carbocycles.